The van der Waals surface area contributed by atoms with Gasteiger partial charge >= 0.3 is 7.60 Å². The van der Waals surface area contributed by atoms with Gasteiger partial charge in [-0.05, 0) is 0 Å². The quantitative estimate of drug-likeness (QED) is 0.655. The van der Waals surface area contributed by atoms with E-state index in [2.05, 4.69) is 15.0 Å². The lowest BCUT2D eigenvalue weighted by Gasteiger charge is -2.12. The Kier molecular flexibility index (Phi) is 3.64. The van der Waals surface area contributed by atoms with E-state index in [0.717, 1.165) is 0 Å². The summed E-state index contributed by atoms with van der Waals surface area (Å²) in [6.45, 7) is 0.241. The van der Waals surface area contributed by atoms with Gasteiger partial charge in [0.05, 0.1) is 19.0 Å². The van der Waals surface area contributed by atoms with Gasteiger partial charge in [-0.2, -0.15) is 0 Å². The number of imidazole rings is 1. The monoisotopic (exact) mass is 315 g/mol. The zero-order valence-electron chi connectivity index (χ0n) is 10.9. The lowest BCUT2D eigenvalue weighted by Crippen LogP contribution is -2.14. The molecule has 0 aromatic carbocycles. The van der Waals surface area contributed by atoms with E-state index in [4.69, 9.17) is 25.0 Å². The van der Waals surface area contributed by atoms with Crippen LogP contribution in [0.5, 0.6) is 0 Å². The molecule has 0 radical (unpaired) electrons. The van der Waals surface area contributed by atoms with Gasteiger partial charge in [0.15, 0.2) is 11.5 Å². The highest BCUT2D eigenvalue weighted by atomic mass is 31.2. The molecule has 0 bridgehead atoms. The van der Waals surface area contributed by atoms with Crippen molar-refractivity contribution in [3.63, 3.8) is 0 Å². The maximum Gasteiger partial charge on any atom is 0.350 e. The molecule has 0 amide bonds. The van der Waals surface area contributed by atoms with E-state index in [9.17, 15) is 4.57 Å². The summed E-state index contributed by atoms with van der Waals surface area (Å²) >= 11 is 0. The third-order valence-electron chi connectivity index (χ3n) is 3.11. The van der Waals surface area contributed by atoms with E-state index in [0.29, 0.717) is 17.6 Å². The molecule has 114 valence electrons. The van der Waals surface area contributed by atoms with Crippen LogP contribution in [0.15, 0.2) is 12.7 Å². The predicted molar refractivity (Wildman–Crippen MR) is 71.1 cm³/mol. The minimum absolute atomic E-state index is 0.241. The van der Waals surface area contributed by atoms with E-state index < -0.39 is 13.9 Å². The highest BCUT2D eigenvalue weighted by Crippen LogP contribution is 2.36. The van der Waals surface area contributed by atoms with Crippen molar-refractivity contribution in [3.05, 3.63) is 12.7 Å². The lowest BCUT2D eigenvalue weighted by atomic mass is 10.3. The molecule has 2 unspecified atom stereocenters. The highest BCUT2D eigenvalue weighted by Gasteiger charge is 2.30. The normalized spacial score (nSPS) is 23.0. The van der Waals surface area contributed by atoms with E-state index in [1.807, 2.05) is 0 Å². The third kappa shape index (κ3) is 3.04. The standard InChI is InChI=1S/C10H14N5O5P/c11-9-8-10(13-3-12-9)15(4-14-8)7-1-6(2-19-7)20-5-21(16,17)18/h3-4,6-7H,1-2,5H2,(H2,11,12,13)(H2,16,17,18). The van der Waals surface area contributed by atoms with Gasteiger partial charge in [-0.3, -0.25) is 9.13 Å². The molecule has 0 saturated carbocycles. The molecule has 4 N–H and O–H groups in total. The molecule has 1 fully saturated rings. The van der Waals surface area contributed by atoms with Crippen molar-refractivity contribution in [2.24, 2.45) is 0 Å². The molecule has 0 aliphatic carbocycles. The van der Waals surface area contributed by atoms with E-state index in [1.54, 1.807) is 10.9 Å². The Morgan fingerprint density at radius 3 is 3.05 bits per heavy atom. The Morgan fingerprint density at radius 2 is 2.29 bits per heavy atom. The second-order valence-electron chi connectivity index (χ2n) is 4.69. The zero-order chi connectivity index (χ0) is 15.0. The van der Waals surface area contributed by atoms with Crippen molar-refractivity contribution < 1.29 is 23.8 Å². The van der Waals surface area contributed by atoms with Crippen molar-refractivity contribution in [2.75, 3.05) is 18.7 Å². The minimum atomic E-state index is -4.18. The van der Waals surface area contributed by atoms with E-state index in [1.165, 1.54) is 6.33 Å². The minimum Gasteiger partial charge on any atom is -0.382 e. The van der Waals surface area contributed by atoms with Gasteiger partial charge in [0.25, 0.3) is 0 Å². The Morgan fingerprint density at radius 1 is 1.48 bits per heavy atom. The molecule has 2 aromatic rings. The Balaban J connectivity index is 1.73. The van der Waals surface area contributed by atoms with Gasteiger partial charge in [-0.1, -0.05) is 0 Å². The number of aromatic nitrogens is 4. The summed E-state index contributed by atoms with van der Waals surface area (Å²) in [5.41, 5.74) is 6.74. The fourth-order valence-corrected chi connectivity index (χ4v) is 2.58. The molecular formula is C10H14N5O5P. The number of ether oxygens (including phenoxy) is 2. The molecule has 1 saturated heterocycles. The van der Waals surface area contributed by atoms with Crippen molar-refractivity contribution in [1.29, 1.82) is 0 Å². The Labute approximate surface area is 119 Å². The third-order valence-corrected chi connectivity index (χ3v) is 3.60. The van der Waals surface area contributed by atoms with Crippen molar-refractivity contribution in [2.45, 2.75) is 18.8 Å². The molecular weight excluding hydrogens is 301 g/mol. The van der Waals surface area contributed by atoms with Crippen LogP contribution in [0.1, 0.15) is 12.6 Å². The van der Waals surface area contributed by atoms with E-state index >= 15 is 0 Å². The second kappa shape index (κ2) is 5.32. The molecule has 2 aromatic heterocycles. The number of hydrogen-bond acceptors (Lipinski definition) is 7. The molecule has 1 aliphatic rings. The summed E-state index contributed by atoms with van der Waals surface area (Å²) in [5, 5.41) is 0. The van der Waals surface area contributed by atoms with Gasteiger partial charge in [0, 0.05) is 6.42 Å². The van der Waals surface area contributed by atoms with Gasteiger partial charge in [-0.15, -0.1) is 0 Å². The summed E-state index contributed by atoms with van der Waals surface area (Å²) in [5.74, 6) is 0.283. The van der Waals surface area contributed by atoms with Gasteiger partial charge in [0.2, 0.25) is 0 Å². The van der Waals surface area contributed by atoms with Crippen LogP contribution in [-0.4, -0.2) is 48.4 Å². The molecule has 10 nitrogen and oxygen atoms in total. The van der Waals surface area contributed by atoms with Crippen LogP contribution < -0.4 is 5.73 Å². The van der Waals surface area contributed by atoms with Gasteiger partial charge in [-0.25, -0.2) is 15.0 Å². The maximum atomic E-state index is 10.8. The molecule has 1 aliphatic heterocycles. The van der Waals surface area contributed by atoms with Crippen LogP contribution in [0.4, 0.5) is 5.82 Å². The summed E-state index contributed by atoms with van der Waals surface area (Å²) in [6, 6.07) is 0. The van der Waals surface area contributed by atoms with Crippen LogP contribution in [0.3, 0.4) is 0 Å². The summed E-state index contributed by atoms with van der Waals surface area (Å²) in [6.07, 6.45) is 1.95. The lowest BCUT2D eigenvalue weighted by molar-refractivity contribution is 0.0359. The Bertz CT molecular complexity index is 700. The van der Waals surface area contributed by atoms with E-state index in [-0.39, 0.29) is 24.8 Å². The number of nitrogen functional groups attached to an aromatic ring is 1. The molecule has 21 heavy (non-hydrogen) atoms. The fourth-order valence-electron chi connectivity index (χ4n) is 2.17. The summed E-state index contributed by atoms with van der Waals surface area (Å²) in [4.78, 5) is 29.7. The SMILES string of the molecule is Nc1ncnc2c1ncn2C1CC(OCP(=O)(O)O)CO1. The number of anilines is 1. The molecule has 11 heteroatoms. The zero-order valence-corrected chi connectivity index (χ0v) is 11.8. The maximum absolute atomic E-state index is 10.8. The smallest absolute Gasteiger partial charge is 0.350 e. The first-order valence-electron chi connectivity index (χ1n) is 6.15. The first kappa shape index (κ1) is 14.4. The van der Waals surface area contributed by atoms with Crippen molar-refractivity contribution >= 4 is 24.6 Å². The van der Waals surface area contributed by atoms with Crippen LogP contribution in [0.25, 0.3) is 11.2 Å². The largest absolute Gasteiger partial charge is 0.382 e. The molecule has 0 spiro atoms. The highest BCUT2D eigenvalue weighted by molar-refractivity contribution is 7.51. The number of hydrogen-bond donors (Lipinski definition) is 3. The molecule has 3 rings (SSSR count). The van der Waals surface area contributed by atoms with Crippen molar-refractivity contribution in [1.82, 2.24) is 19.5 Å². The topological polar surface area (TPSA) is 146 Å². The fraction of sp³-hybridized carbons (Fsp3) is 0.500. The van der Waals surface area contributed by atoms with Crippen LogP contribution in [0, 0.1) is 0 Å². The number of rotatable bonds is 4. The van der Waals surface area contributed by atoms with Crippen LogP contribution in [0.2, 0.25) is 0 Å². The first-order chi connectivity index (χ1) is 9.94. The summed E-state index contributed by atoms with van der Waals surface area (Å²) in [7, 11) is -4.18. The molecule has 2 atom stereocenters. The van der Waals surface area contributed by atoms with Crippen molar-refractivity contribution in [3.8, 4) is 0 Å². The van der Waals surface area contributed by atoms with Crippen LogP contribution >= 0.6 is 7.60 Å². The number of nitrogens with zero attached hydrogens (tertiary/aromatic N) is 4. The molecule has 3 heterocycles. The predicted octanol–water partition coefficient (Wildman–Crippen LogP) is -0.152. The van der Waals surface area contributed by atoms with Gasteiger partial charge in [0.1, 0.15) is 24.4 Å². The summed E-state index contributed by atoms with van der Waals surface area (Å²) < 4.78 is 23.2. The first-order valence-corrected chi connectivity index (χ1v) is 7.94. The number of nitrogens with two attached hydrogens (primary N) is 1. The Hall–Kier alpha value is -1.58. The van der Waals surface area contributed by atoms with Gasteiger partial charge < -0.3 is 25.0 Å². The van der Waals surface area contributed by atoms with Crippen LogP contribution in [-0.2, 0) is 14.0 Å². The number of fused-ring (bicyclic) bond motifs is 1. The average molecular weight is 315 g/mol. The second-order valence-corrected chi connectivity index (χ2v) is 6.28. The average Bonchev–Trinajstić information content (AvgIpc) is 3.02.